The first-order chi connectivity index (χ1) is 29.3. The van der Waals surface area contributed by atoms with Crippen LogP contribution in [-0.2, 0) is 46.5 Å². The van der Waals surface area contributed by atoms with Gasteiger partial charge in [0.15, 0.2) is 17.5 Å². The number of unbranched alkanes of at least 4 members (excludes halogenated alkanes) is 2. The van der Waals surface area contributed by atoms with Crippen molar-refractivity contribution in [1.82, 2.24) is 31.9 Å². The lowest BCUT2D eigenvalue weighted by molar-refractivity contribution is -0.142. The molecule has 6 amide bonds. The van der Waals surface area contributed by atoms with Crippen LogP contribution in [0.5, 0.6) is 0 Å². The van der Waals surface area contributed by atoms with Crippen LogP contribution in [0.4, 0.5) is 9.59 Å². The number of carboxylic acid groups (broad SMARTS) is 3. The van der Waals surface area contributed by atoms with E-state index in [2.05, 4.69) is 49.5 Å². The first kappa shape index (κ1) is 53.6. The first-order valence-corrected chi connectivity index (χ1v) is 20.4. The van der Waals surface area contributed by atoms with Gasteiger partial charge in [-0.05, 0) is 49.7 Å². The number of urea groups is 2. The van der Waals surface area contributed by atoms with Crippen molar-refractivity contribution in [3.8, 4) is 0 Å². The summed E-state index contributed by atoms with van der Waals surface area (Å²) in [5, 5.41) is 49.9. The fraction of sp³-hybridized carbons (Fsp3) is 0.553. The van der Waals surface area contributed by atoms with Crippen LogP contribution in [-0.4, -0.2) is 124 Å². The van der Waals surface area contributed by atoms with E-state index in [0.29, 0.717) is 36.8 Å². The van der Waals surface area contributed by atoms with Crippen molar-refractivity contribution in [2.75, 3.05) is 25.4 Å². The Balaban J connectivity index is 2.78. The molecule has 0 radical (unpaired) electrons. The molecule has 0 unspecified atom stereocenters. The number of thiol groups is 1. The Labute approximate surface area is 363 Å². The second-order valence-electron chi connectivity index (χ2n) is 14.2. The van der Waals surface area contributed by atoms with E-state index in [0.717, 1.165) is 0 Å². The predicted octanol–water partition coefficient (Wildman–Crippen LogP) is -0.896. The van der Waals surface area contributed by atoms with Crippen LogP contribution in [0.2, 0.25) is 0 Å². The summed E-state index contributed by atoms with van der Waals surface area (Å²) in [6, 6.07) is 1.79. The fourth-order valence-corrected chi connectivity index (χ4v) is 5.90. The predicted molar refractivity (Wildman–Crippen MR) is 228 cm³/mol. The highest BCUT2D eigenvalue weighted by Gasteiger charge is 2.31. The van der Waals surface area contributed by atoms with E-state index < -0.39 is 96.8 Å². The molecule has 1 rings (SSSR count). The smallest absolute Gasteiger partial charge is 0.327 e. The van der Waals surface area contributed by atoms with E-state index >= 15 is 0 Å². The van der Waals surface area contributed by atoms with Crippen molar-refractivity contribution in [1.29, 1.82) is 5.41 Å². The van der Waals surface area contributed by atoms with Gasteiger partial charge in [0.1, 0.15) is 18.6 Å². The molecule has 0 bridgehead atoms. The van der Waals surface area contributed by atoms with Crippen molar-refractivity contribution >= 4 is 77.8 Å². The Morgan fingerprint density at radius 1 is 0.677 bits per heavy atom. The molecule has 16 N–H and O–H groups in total. The standard InChI is InChI=1S/C38H59N11O12S/c39-30(40)8-2-1-6-26(29(51)18-24(17-25(50)20-45-36(41)42)33(55)48-28(21-62)35(58)59)47-31(52)16-22-10-12-23(13-11-22)19-46-37(60)43-14-4-3-7-27(34(56)57)49-38(61)44-15-5-9-32(53)54/h10-13,24,26-28,62H,1-9,14-21H2,(H3,39,40)(H,47,52)(H,48,55)(H,53,54)(H,56,57)(H,58,59)(H4,41,42,45)(H2,43,46,60)(H2,44,49,61)/t24-,26+,27+,28+/m1/s1. The monoisotopic (exact) mass is 893 g/mol. The molecule has 0 spiro atoms. The number of nitrogens with one attached hydrogen (secondary N) is 7. The van der Waals surface area contributed by atoms with Gasteiger partial charge in [-0.2, -0.15) is 12.6 Å². The minimum absolute atomic E-state index is 0.0588. The zero-order chi connectivity index (χ0) is 46.6. The van der Waals surface area contributed by atoms with Gasteiger partial charge in [-0.1, -0.05) is 30.7 Å². The summed E-state index contributed by atoms with van der Waals surface area (Å²) < 4.78 is 0. The molecule has 0 aliphatic rings. The molecular weight excluding hydrogens is 835 g/mol. The summed E-state index contributed by atoms with van der Waals surface area (Å²) in [4.78, 5) is 114. The third-order valence-corrected chi connectivity index (χ3v) is 9.31. The Hall–Kier alpha value is -6.46. The largest absolute Gasteiger partial charge is 0.481 e. The van der Waals surface area contributed by atoms with Crippen LogP contribution in [0.15, 0.2) is 29.3 Å². The van der Waals surface area contributed by atoms with Crippen LogP contribution in [0.1, 0.15) is 81.8 Å². The number of guanidine groups is 1. The maximum absolute atomic E-state index is 13.7. The first-order valence-electron chi connectivity index (χ1n) is 19.8. The summed E-state index contributed by atoms with van der Waals surface area (Å²) >= 11 is 3.94. The summed E-state index contributed by atoms with van der Waals surface area (Å²) in [5.41, 5.74) is 17.3. The third kappa shape index (κ3) is 24.6. The molecular formula is C38H59N11O12S. The Morgan fingerprint density at radius 3 is 1.87 bits per heavy atom. The van der Waals surface area contributed by atoms with Gasteiger partial charge >= 0.3 is 30.0 Å². The van der Waals surface area contributed by atoms with E-state index in [1.165, 1.54) is 0 Å². The number of nitrogens with two attached hydrogens (primary N) is 3. The van der Waals surface area contributed by atoms with E-state index in [-0.39, 0.29) is 75.7 Å². The van der Waals surface area contributed by atoms with Gasteiger partial charge in [0.05, 0.1) is 24.2 Å². The highest BCUT2D eigenvalue weighted by atomic mass is 32.1. The number of nitrogens with zero attached hydrogens (tertiary/aromatic N) is 1. The average molecular weight is 894 g/mol. The molecule has 24 heteroatoms. The molecule has 1 aromatic carbocycles. The number of carbonyl (C=O) groups excluding carboxylic acids is 6. The lowest BCUT2D eigenvalue weighted by Gasteiger charge is -2.22. The number of aliphatic imine (C=N–C) groups is 1. The maximum Gasteiger partial charge on any atom is 0.327 e. The molecule has 0 heterocycles. The summed E-state index contributed by atoms with van der Waals surface area (Å²) in [7, 11) is 0. The second-order valence-corrected chi connectivity index (χ2v) is 14.6. The Bertz CT molecular complexity index is 1740. The van der Waals surface area contributed by atoms with Gasteiger partial charge in [-0.3, -0.25) is 29.4 Å². The molecule has 23 nitrogen and oxygen atoms in total. The number of aliphatic carboxylic acids is 3. The van der Waals surface area contributed by atoms with Crippen LogP contribution in [0.25, 0.3) is 0 Å². The number of hydrogen-bond acceptors (Lipinski definition) is 12. The molecule has 0 fully saturated rings. The number of carbonyl (C=O) groups is 9. The van der Waals surface area contributed by atoms with E-state index in [1.807, 2.05) is 0 Å². The second kappa shape index (κ2) is 29.7. The van der Waals surface area contributed by atoms with Crippen molar-refractivity contribution < 1.29 is 58.5 Å². The maximum atomic E-state index is 13.7. The highest BCUT2D eigenvalue weighted by molar-refractivity contribution is 7.80. The molecule has 1 aromatic rings. The number of amides is 6. The number of carboxylic acids is 3. The van der Waals surface area contributed by atoms with Gasteiger partial charge in [-0.25, -0.2) is 24.2 Å². The number of Topliss-reactive ketones (excluding diaryl/α,β-unsaturated/α-hetero) is 2. The van der Waals surface area contributed by atoms with Crippen molar-refractivity contribution in [3.63, 3.8) is 0 Å². The van der Waals surface area contributed by atoms with Crippen molar-refractivity contribution in [2.45, 2.75) is 102 Å². The Kier molecular flexibility index (Phi) is 25.7. The van der Waals surface area contributed by atoms with Crippen LogP contribution in [0.3, 0.4) is 0 Å². The minimum atomic E-state index is -1.40. The molecule has 4 atom stereocenters. The van der Waals surface area contributed by atoms with Gasteiger partial charge in [0, 0.05) is 51.1 Å². The average Bonchev–Trinajstić information content (AvgIpc) is 3.20. The normalized spacial score (nSPS) is 12.5. The summed E-state index contributed by atoms with van der Waals surface area (Å²) in [6.45, 7) is -0.0544. The lowest BCUT2D eigenvalue weighted by atomic mass is 9.90. The number of rotatable bonds is 32. The number of amidine groups is 1. The van der Waals surface area contributed by atoms with Crippen LogP contribution < -0.4 is 49.1 Å². The van der Waals surface area contributed by atoms with Gasteiger partial charge in [0.2, 0.25) is 11.8 Å². The molecule has 0 saturated heterocycles. The van der Waals surface area contributed by atoms with Crippen molar-refractivity contribution in [3.05, 3.63) is 35.4 Å². The molecule has 0 saturated carbocycles. The zero-order valence-corrected chi connectivity index (χ0v) is 35.2. The van der Waals surface area contributed by atoms with Crippen LogP contribution in [0, 0.1) is 11.3 Å². The summed E-state index contributed by atoms with van der Waals surface area (Å²) in [5.74, 6) is -8.26. The molecule has 0 aliphatic heterocycles. The van der Waals surface area contributed by atoms with E-state index in [1.54, 1.807) is 24.3 Å². The van der Waals surface area contributed by atoms with Gasteiger partial charge in [-0.15, -0.1) is 0 Å². The lowest BCUT2D eigenvalue weighted by Crippen LogP contribution is -2.47. The molecule has 344 valence electrons. The number of hydrogen-bond donors (Lipinski definition) is 14. The molecule has 0 aliphatic carbocycles. The Morgan fingerprint density at radius 2 is 1.27 bits per heavy atom. The number of benzene rings is 1. The highest BCUT2D eigenvalue weighted by Crippen LogP contribution is 2.17. The fourth-order valence-electron chi connectivity index (χ4n) is 5.65. The zero-order valence-electron chi connectivity index (χ0n) is 34.3. The molecule has 62 heavy (non-hydrogen) atoms. The quantitative estimate of drug-likeness (QED) is 0.0180. The van der Waals surface area contributed by atoms with E-state index in [4.69, 9.17) is 27.7 Å². The minimum Gasteiger partial charge on any atom is -0.481 e. The number of ketones is 2. The SMILES string of the molecule is N=C(N)CCCC[C@H](NC(=O)Cc1ccc(CNC(=O)NCCCC[C@H](NC(=O)NCCCC(=O)O)C(=O)O)cc1)C(=O)C[C@@H](CC(=O)CN=C(N)N)C(=O)N[C@@H](CS)C(=O)O. The van der Waals surface area contributed by atoms with E-state index in [9.17, 15) is 53.4 Å². The summed E-state index contributed by atoms with van der Waals surface area (Å²) in [6.07, 6.45) is 0.923. The third-order valence-electron chi connectivity index (χ3n) is 8.94. The van der Waals surface area contributed by atoms with Crippen molar-refractivity contribution in [2.24, 2.45) is 28.1 Å². The van der Waals surface area contributed by atoms with Gasteiger partial charge < -0.3 is 64.4 Å². The van der Waals surface area contributed by atoms with Crippen LogP contribution >= 0.6 is 12.6 Å². The topological polar surface area (TPSA) is 401 Å². The molecule has 0 aromatic heterocycles. The van der Waals surface area contributed by atoms with Gasteiger partial charge in [0.25, 0.3) is 0 Å².